The summed E-state index contributed by atoms with van der Waals surface area (Å²) in [5.74, 6) is 2.34. The number of methoxy groups -OCH3 is 1. The third-order valence-electron chi connectivity index (χ3n) is 6.54. The molecule has 1 aromatic heterocycles. The zero-order valence-electron chi connectivity index (χ0n) is 22.9. The Morgan fingerprint density at radius 1 is 1.16 bits per heavy atom. The average Bonchev–Trinajstić information content (AvgIpc) is 3.31. The Morgan fingerprint density at radius 3 is 2.58 bits per heavy atom. The highest BCUT2D eigenvalue weighted by molar-refractivity contribution is 5.94. The number of benzene rings is 2. The molecule has 10 nitrogen and oxygen atoms in total. The van der Waals surface area contributed by atoms with Crippen LogP contribution in [0.5, 0.6) is 5.75 Å². The van der Waals surface area contributed by atoms with Gasteiger partial charge in [-0.05, 0) is 54.7 Å². The number of hydrogen-bond acceptors (Lipinski definition) is 9. The van der Waals surface area contributed by atoms with E-state index in [2.05, 4.69) is 51.5 Å². The van der Waals surface area contributed by atoms with Crippen LogP contribution >= 0.6 is 0 Å². The zero-order valence-corrected chi connectivity index (χ0v) is 22.9. The molecule has 1 fully saturated rings. The lowest BCUT2D eigenvalue weighted by atomic mass is 10.1. The summed E-state index contributed by atoms with van der Waals surface area (Å²) in [6.07, 6.45) is 0.988. The molecular formula is C28H38N8O2. The van der Waals surface area contributed by atoms with Crippen LogP contribution in [0, 0.1) is 12.8 Å². The average molecular weight is 519 g/mol. The summed E-state index contributed by atoms with van der Waals surface area (Å²) >= 11 is 0. The molecule has 38 heavy (non-hydrogen) atoms. The molecule has 4 rings (SSSR count). The minimum Gasteiger partial charge on any atom is -0.497 e. The number of nitrogens with two attached hydrogens (primary N) is 1. The fraction of sp³-hybridized carbons (Fsp3) is 0.429. The molecule has 202 valence electrons. The van der Waals surface area contributed by atoms with E-state index in [1.807, 2.05) is 37.1 Å². The van der Waals surface area contributed by atoms with Crippen LogP contribution in [-0.2, 0) is 6.54 Å². The minimum absolute atomic E-state index is 0.215. The van der Waals surface area contributed by atoms with E-state index in [4.69, 9.17) is 15.5 Å². The first-order valence-corrected chi connectivity index (χ1v) is 13.0. The maximum atomic E-state index is 11.7. The first kappa shape index (κ1) is 27.1. The summed E-state index contributed by atoms with van der Waals surface area (Å²) in [6, 6.07) is 13.7. The standard InChI is InChI=1S/C28H38N8O2/c1-18(2)15-35(4)28-33-26(32-27(34-28)31-24-14-21(25(29)37)9-6-19(24)3)30-22-12-13-36(17-22)16-20-7-10-23(38-5)11-8-20/h6-11,14,18,22H,12-13,15-17H2,1-5H3,(H2,29,37)(H2,30,31,32,33,34). The molecule has 3 aromatic rings. The van der Waals surface area contributed by atoms with E-state index in [9.17, 15) is 4.79 Å². The second-order valence-electron chi connectivity index (χ2n) is 10.3. The lowest BCUT2D eigenvalue weighted by molar-refractivity contribution is 0.100. The molecule has 1 aliphatic rings. The molecule has 0 spiro atoms. The summed E-state index contributed by atoms with van der Waals surface area (Å²) < 4.78 is 5.27. The number of amides is 1. The van der Waals surface area contributed by atoms with Crippen LogP contribution in [0.4, 0.5) is 23.5 Å². The summed E-state index contributed by atoms with van der Waals surface area (Å²) in [6.45, 7) is 9.82. The summed E-state index contributed by atoms with van der Waals surface area (Å²) in [5.41, 5.74) is 8.84. The molecule has 0 saturated carbocycles. The molecule has 10 heteroatoms. The number of primary amides is 1. The summed E-state index contributed by atoms with van der Waals surface area (Å²) in [5, 5.41) is 6.80. The van der Waals surface area contributed by atoms with Gasteiger partial charge in [0, 0.05) is 50.5 Å². The summed E-state index contributed by atoms with van der Waals surface area (Å²) in [4.78, 5) is 30.2. The monoisotopic (exact) mass is 518 g/mol. The smallest absolute Gasteiger partial charge is 0.248 e. The molecule has 1 amide bonds. The molecule has 4 N–H and O–H groups in total. The van der Waals surface area contributed by atoms with Gasteiger partial charge in [0.1, 0.15) is 5.75 Å². The van der Waals surface area contributed by atoms with E-state index in [0.717, 1.165) is 49.6 Å². The van der Waals surface area contributed by atoms with Gasteiger partial charge in [0.2, 0.25) is 23.8 Å². The minimum atomic E-state index is -0.483. The van der Waals surface area contributed by atoms with Crippen LogP contribution in [0.1, 0.15) is 41.8 Å². The lowest BCUT2D eigenvalue weighted by Gasteiger charge is -2.22. The van der Waals surface area contributed by atoms with Crippen molar-refractivity contribution < 1.29 is 9.53 Å². The Hall–Kier alpha value is -3.92. The van der Waals surface area contributed by atoms with Gasteiger partial charge >= 0.3 is 0 Å². The van der Waals surface area contributed by atoms with E-state index in [-0.39, 0.29) is 6.04 Å². The third kappa shape index (κ3) is 7.10. The molecular weight excluding hydrogens is 480 g/mol. The highest BCUT2D eigenvalue weighted by atomic mass is 16.5. The number of nitrogens with one attached hydrogen (secondary N) is 2. The zero-order chi connectivity index (χ0) is 27.2. The molecule has 1 unspecified atom stereocenters. The van der Waals surface area contributed by atoms with Gasteiger partial charge in [-0.15, -0.1) is 0 Å². The largest absolute Gasteiger partial charge is 0.497 e. The number of nitrogens with zero attached hydrogens (tertiary/aromatic N) is 5. The van der Waals surface area contributed by atoms with Gasteiger partial charge in [-0.25, -0.2) is 0 Å². The second kappa shape index (κ2) is 12.1. The molecule has 1 aliphatic heterocycles. The summed E-state index contributed by atoms with van der Waals surface area (Å²) in [7, 11) is 3.66. The SMILES string of the molecule is COc1ccc(CN2CCC(Nc3nc(Nc4cc(C(N)=O)ccc4C)nc(N(C)CC(C)C)n3)C2)cc1. The van der Waals surface area contributed by atoms with E-state index < -0.39 is 5.91 Å². The Bertz CT molecular complexity index is 1250. The molecule has 0 radical (unpaired) electrons. The number of carbonyl (C=O) groups excluding carboxylic acids is 1. The fourth-order valence-electron chi connectivity index (χ4n) is 4.58. The molecule has 2 aromatic carbocycles. The van der Waals surface area contributed by atoms with Gasteiger partial charge in [0.05, 0.1) is 7.11 Å². The van der Waals surface area contributed by atoms with Crippen molar-refractivity contribution in [3.05, 3.63) is 59.2 Å². The maximum Gasteiger partial charge on any atom is 0.248 e. The van der Waals surface area contributed by atoms with Crippen molar-refractivity contribution in [1.29, 1.82) is 0 Å². The van der Waals surface area contributed by atoms with Crippen LogP contribution in [0.25, 0.3) is 0 Å². The van der Waals surface area contributed by atoms with Gasteiger partial charge < -0.3 is 26.0 Å². The van der Waals surface area contributed by atoms with Crippen molar-refractivity contribution in [3.8, 4) is 5.75 Å². The lowest BCUT2D eigenvalue weighted by Crippen LogP contribution is -2.28. The first-order chi connectivity index (χ1) is 18.2. The number of aromatic nitrogens is 3. The predicted octanol–water partition coefficient (Wildman–Crippen LogP) is 3.81. The fourth-order valence-corrected chi connectivity index (χ4v) is 4.58. The molecule has 0 aliphatic carbocycles. The van der Waals surface area contributed by atoms with Gasteiger partial charge in [0.15, 0.2) is 0 Å². The Morgan fingerprint density at radius 2 is 1.89 bits per heavy atom. The molecule has 1 atom stereocenters. The third-order valence-corrected chi connectivity index (χ3v) is 6.54. The highest BCUT2D eigenvalue weighted by Crippen LogP contribution is 2.24. The maximum absolute atomic E-state index is 11.7. The highest BCUT2D eigenvalue weighted by Gasteiger charge is 2.24. The predicted molar refractivity (Wildman–Crippen MR) is 151 cm³/mol. The van der Waals surface area contributed by atoms with Gasteiger partial charge in [-0.1, -0.05) is 32.0 Å². The van der Waals surface area contributed by atoms with Crippen LogP contribution < -0.4 is 26.0 Å². The topological polar surface area (TPSA) is 122 Å². The van der Waals surface area contributed by atoms with Crippen molar-refractivity contribution in [2.45, 2.75) is 39.8 Å². The van der Waals surface area contributed by atoms with Crippen LogP contribution in [0.2, 0.25) is 0 Å². The number of anilines is 4. The van der Waals surface area contributed by atoms with Gasteiger partial charge in [-0.3, -0.25) is 9.69 Å². The van der Waals surface area contributed by atoms with E-state index >= 15 is 0 Å². The van der Waals surface area contributed by atoms with Crippen molar-refractivity contribution in [1.82, 2.24) is 19.9 Å². The van der Waals surface area contributed by atoms with Crippen LogP contribution in [-0.4, -0.2) is 65.6 Å². The Kier molecular flexibility index (Phi) is 8.62. The molecule has 1 saturated heterocycles. The van der Waals surface area contributed by atoms with Crippen molar-refractivity contribution in [3.63, 3.8) is 0 Å². The molecule has 0 bridgehead atoms. The van der Waals surface area contributed by atoms with E-state index in [0.29, 0.717) is 29.3 Å². The van der Waals surface area contributed by atoms with Crippen molar-refractivity contribution in [2.75, 3.05) is 49.3 Å². The van der Waals surface area contributed by atoms with Gasteiger partial charge in [0.25, 0.3) is 0 Å². The number of rotatable bonds is 11. The number of hydrogen-bond donors (Lipinski definition) is 3. The Labute approximate surface area is 224 Å². The molecule has 2 heterocycles. The number of likely N-dealkylation sites (tertiary alicyclic amines) is 1. The first-order valence-electron chi connectivity index (χ1n) is 13.0. The van der Waals surface area contributed by atoms with Crippen molar-refractivity contribution >= 4 is 29.4 Å². The number of carbonyl (C=O) groups is 1. The number of aryl methyl sites for hydroxylation is 1. The van der Waals surface area contributed by atoms with E-state index in [1.54, 1.807) is 19.2 Å². The van der Waals surface area contributed by atoms with Crippen LogP contribution in [0.15, 0.2) is 42.5 Å². The number of ether oxygens (including phenoxy) is 1. The van der Waals surface area contributed by atoms with Gasteiger partial charge in [-0.2, -0.15) is 15.0 Å². The van der Waals surface area contributed by atoms with Crippen LogP contribution in [0.3, 0.4) is 0 Å². The second-order valence-corrected chi connectivity index (χ2v) is 10.3. The van der Waals surface area contributed by atoms with Crippen molar-refractivity contribution in [2.24, 2.45) is 11.7 Å². The normalized spacial score (nSPS) is 15.5. The Balaban J connectivity index is 1.51. The van der Waals surface area contributed by atoms with E-state index in [1.165, 1.54) is 5.56 Å². The quantitative estimate of drug-likeness (QED) is 0.348.